The van der Waals surface area contributed by atoms with E-state index in [0.29, 0.717) is 17.1 Å². The first-order valence-corrected chi connectivity index (χ1v) is 8.58. The van der Waals surface area contributed by atoms with E-state index in [1.807, 2.05) is 53.9 Å². The second kappa shape index (κ2) is 7.63. The molecule has 0 fully saturated rings. The number of carbonyl (C=O) groups is 2. The maximum absolute atomic E-state index is 12.5. The Kier molecular flexibility index (Phi) is 5.11. The lowest BCUT2D eigenvalue weighted by Gasteiger charge is -2.08. The Hall–Kier alpha value is -3.12. The minimum Gasteiger partial charge on any atom is -0.351 e. The van der Waals surface area contributed by atoms with Crippen LogP contribution in [0.2, 0.25) is 0 Å². The number of anilines is 1. The third kappa shape index (κ3) is 4.24. The monoisotopic (exact) mass is 351 g/mol. The Morgan fingerprint density at radius 3 is 2.36 bits per heavy atom. The molecule has 25 heavy (non-hydrogen) atoms. The number of primary amides is 1. The van der Waals surface area contributed by atoms with E-state index in [0.717, 1.165) is 16.7 Å². The number of nitrogens with one attached hydrogen (secondary N) is 2. The predicted molar refractivity (Wildman–Crippen MR) is 101 cm³/mol. The van der Waals surface area contributed by atoms with Crippen LogP contribution in [-0.4, -0.2) is 11.9 Å². The van der Waals surface area contributed by atoms with Crippen molar-refractivity contribution in [2.45, 2.75) is 6.54 Å². The molecule has 1 heterocycles. The van der Waals surface area contributed by atoms with Gasteiger partial charge in [0.2, 0.25) is 0 Å². The van der Waals surface area contributed by atoms with E-state index in [-0.39, 0.29) is 5.91 Å². The molecule has 3 aromatic rings. The van der Waals surface area contributed by atoms with Gasteiger partial charge in [0, 0.05) is 17.8 Å². The summed E-state index contributed by atoms with van der Waals surface area (Å²) >= 11 is 1.42. The van der Waals surface area contributed by atoms with Crippen molar-refractivity contribution in [2.24, 2.45) is 5.73 Å². The zero-order chi connectivity index (χ0) is 17.6. The van der Waals surface area contributed by atoms with Crippen molar-refractivity contribution in [3.63, 3.8) is 0 Å². The van der Waals surface area contributed by atoms with Gasteiger partial charge in [-0.25, -0.2) is 4.79 Å². The van der Waals surface area contributed by atoms with Crippen LogP contribution in [0.4, 0.5) is 10.5 Å². The molecule has 6 heteroatoms. The number of thiophene rings is 1. The molecule has 0 saturated carbocycles. The van der Waals surface area contributed by atoms with Crippen molar-refractivity contribution in [3.8, 4) is 11.1 Å². The SMILES string of the molecule is NC(=O)Nc1ccc(CNC(=O)c2sccc2-c2ccccc2)cc1. The van der Waals surface area contributed by atoms with Crippen LogP contribution in [0.3, 0.4) is 0 Å². The molecule has 0 aliphatic heterocycles. The molecule has 5 nitrogen and oxygen atoms in total. The highest BCUT2D eigenvalue weighted by Gasteiger charge is 2.14. The smallest absolute Gasteiger partial charge is 0.316 e. The summed E-state index contributed by atoms with van der Waals surface area (Å²) in [7, 11) is 0. The zero-order valence-corrected chi connectivity index (χ0v) is 14.2. The standard InChI is InChI=1S/C19H17N3O2S/c20-19(24)22-15-8-6-13(7-9-15)12-21-18(23)17-16(10-11-25-17)14-4-2-1-3-5-14/h1-11H,12H2,(H,21,23)(H3,20,22,24). The highest BCUT2D eigenvalue weighted by molar-refractivity contribution is 7.12. The van der Waals surface area contributed by atoms with Crippen molar-refractivity contribution in [3.05, 3.63) is 76.5 Å². The van der Waals surface area contributed by atoms with E-state index in [1.54, 1.807) is 12.1 Å². The molecule has 0 atom stereocenters. The topological polar surface area (TPSA) is 84.2 Å². The van der Waals surface area contributed by atoms with Gasteiger partial charge in [-0.3, -0.25) is 4.79 Å². The van der Waals surface area contributed by atoms with Crippen molar-refractivity contribution in [2.75, 3.05) is 5.32 Å². The fourth-order valence-corrected chi connectivity index (χ4v) is 3.27. The Balaban J connectivity index is 1.66. The average molecular weight is 351 g/mol. The Bertz CT molecular complexity index is 873. The number of nitrogens with two attached hydrogens (primary N) is 1. The summed E-state index contributed by atoms with van der Waals surface area (Å²) in [5.41, 5.74) is 8.58. The molecule has 0 bridgehead atoms. The number of hydrogen-bond acceptors (Lipinski definition) is 3. The number of hydrogen-bond donors (Lipinski definition) is 3. The number of carbonyl (C=O) groups excluding carboxylic acids is 2. The lowest BCUT2D eigenvalue weighted by molar-refractivity contribution is 0.0955. The van der Waals surface area contributed by atoms with Gasteiger partial charge in [0.15, 0.2) is 0 Å². The maximum Gasteiger partial charge on any atom is 0.316 e. The number of urea groups is 1. The van der Waals surface area contributed by atoms with Gasteiger partial charge >= 0.3 is 6.03 Å². The summed E-state index contributed by atoms with van der Waals surface area (Å²) in [5, 5.41) is 7.35. The molecule has 0 radical (unpaired) electrons. The molecule has 4 N–H and O–H groups in total. The molecule has 1 aromatic heterocycles. The van der Waals surface area contributed by atoms with Crippen molar-refractivity contribution in [1.82, 2.24) is 5.32 Å². The van der Waals surface area contributed by atoms with Gasteiger partial charge in [-0.1, -0.05) is 42.5 Å². The molecular formula is C19H17N3O2S. The molecule has 2 aromatic carbocycles. The van der Waals surface area contributed by atoms with Crippen LogP contribution in [0.15, 0.2) is 66.0 Å². The Morgan fingerprint density at radius 2 is 1.68 bits per heavy atom. The van der Waals surface area contributed by atoms with Gasteiger partial charge in [0.25, 0.3) is 5.91 Å². The van der Waals surface area contributed by atoms with Crippen LogP contribution in [-0.2, 0) is 6.54 Å². The highest BCUT2D eigenvalue weighted by Crippen LogP contribution is 2.28. The van der Waals surface area contributed by atoms with Gasteiger partial charge in [0.1, 0.15) is 0 Å². The largest absolute Gasteiger partial charge is 0.351 e. The molecule has 0 saturated heterocycles. The molecular weight excluding hydrogens is 334 g/mol. The first-order chi connectivity index (χ1) is 12.1. The average Bonchev–Trinajstić information content (AvgIpc) is 3.11. The van der Waals surface area contributed by atoms with E-state index < -0.39 is 6.03 Å². The summed E-state index contributed by atoms with van der Waals surface area (Å²) in [5.74, 6) is -0.104. The molecule has 3 amide bonds. The first-order valence-electron chi connectivity index (χ1n) is 7.70. The lowest BCUT2D eigenvalue weighted by atomic mass is 10.1. The second-order valence-corrected chi connectivity index (χ2v) is 6.31. The Labute approximate surface area is 149 Å². The van der Waals surface area contributed by atoms with E-state index in [9.17, 15) is 9.59 Å². The highest BCUT2D eigenvalue weighted by atomic mass is 32.1. The van der Waals surface area contributed by atoms with Crippen LogP contribution < -0.4 is 16.4 Å². The summed E-state index contributed by atoms with van der Waals surface area (Å²) < 4.78 is 0. The maximum atomic E-state index is 12.5. The zero-order valence-electron chi connectivity index (χ0n) is 13.4. The fraction of sp³-hybridized carbons (Fsp3) is 0.0526. The van der Waals surface area contributed by atoms with E-state index in [2.05, 4.69) is 10.6 Å². The Morgan fingerprint density at radius 1 is 0.960 bits per heavy atom. The summed E-state index contributed by atoms with van der Waals surface area (Å²) in [6, 6.07) is 18.3. The molecule has 126 valence electrons. The fourth-order valence-electron chi connectivity index (χ4n) is 2.44. The number of rotatable bonds is 5. The van der Waals surface area contributed by atoms with Gasteiger partial charge in [-0.2, -0.15) is 0 Å². The molecule has 3 rings (SSSR count). The van der Waals surface area contributed by atoms with Crippen LogP contribution in [0.5, 0.6) is 0 Å². The van der Waals surface area contributed by atoms with Crippen molar-refractivity contribution in [1.29, 1.82) is 0 Å². The summed E-state index contributed by atoms with van der Waals surface area (Å²) in [4.78, 5) is 24.0. The minimum absolute atomic E-state index is 0.104. The van der Waals surface area contributed by atoms with Gasteiger partial charge < -0.3 is 16.4 Å². The van der Waals surface area contributed by atoms with Crippen molar-refractivity contribution < 1.29 is 9.59 Å². The van der Waals surface area contributed by atoms with Gasteiger partial charge in [-0.05, 0) is 34.7 Å². The van der Waals surface area contributed by atoms with E-state index >= 15 is 0 Å². The molecule has 0 spiro atoms. The number of benzene rings is 2. The molecule has 0 unspecified atom stereocenters. The van der Waals surface area contributed by atoms with E-state index in [4.69, 9.17) is 5.73 Å². The second-order valence-electron chi connectivity index (χ2n) is 5.40. The quantitative estimate of drug-likeness (QED) is 0.652. The van der Waals surface area contributed by atoms with Crippen molar-refractivity contribution >= 4 is 29.0 Å². The third-order valence-corrected chi connectivity index (χ3v) is 4.54. The normalized spacial score (nSPS) is 10.2. The minimum atomic E-state index is -0.604. The predicted octanol–water partition coefficient (Wildman–Crippen LogP) is 3.84. The van der Waals surface area contributed by atoms with Gasteiger partial charge in [-0.15, -0.1) is 11.3 Å². The molecule has 0 aliphatic rings. The summed E-state index contributed by atoms with van der Waals surface area (Å²) in [6.07, 6.45) is 0. The van der Waals surface area contributed by atoms with Crippen LogP contribution in [0.25, 0.3) is 11.1 Å². The van der Waals surface area contributed by atoms with Crippen LogP contribution in [0.1, 0.15) is 15.2 Å². The number of amides is 3. The van der Waals surface area contributed by atoms with Crippen LogP contribution in [0, 0.1) is 0 Å². The van der Waals surface area contributed by atoms with E-state index in [1.165, 1.54) is 11.3 Å². The van der Waals surface area contributed by atoms with Gasteiger partial charge in [0.05, 0.1) is 4.88 Å². The summed E-state index contributed by atoms with van der Waals surface area (Å²) in [6.45, 7) is 0.405. The van der Waals surface area contributed by atoms with Crippen LogP contribution >= 0.6 is 11.3 Å². The third-order valence-electron chi connectivity index (χ3n) is 3.63. The first kappa shape index (κ1) is 16.7. The molecule has 0 aliphatic carbocycles. The lowest BCUT2D eigenvalue weighted by Crippen LogP contribution is -2.22.